The summed E-state index contributed by atoms with van der Waals surface area (Å²) in [5, 5.41) is 15.4. The van der Waals surface area contributed by atoms with Crippen LogP contribution < -0.4 is 0 Å². The molecular weight excluding hydrogens is 374 g/mol. The molecule has 148 valence electrons. The Balaban J connectivity index is 1.74. The molecule has 3 aromatic rings. The van der Waals surface area contributed by atoms with Crippen LogP contribution in [0.3, 0.4) is 0 Å². The van der Waals surface area contributed by atoms with Crippen molar-refractivity contribution in [2.45, 2.75) is 33.2 Å². The van der Waals surface area contributed by atoms with Crippen molar-refractivity contribution in [2.75, 3.05) is 26.2 Å². The van der Waals surface area contributed by atoms with Crippen LogP contribution in [0.5, 0.6) is 5.88 Å². The summed E-state index contributed by atoms with van der Waals surface area (Å²) in [7, 11) is 0. The van der Waals surface area contributed by atoms with Crippen molar-refractivity contribution in [1.29, 1.82) is 0 Å². The Bertz CT molecular complexity index is 1000. The van der Waals surface area contributed by atoms with Gasteiger partial charge in [0, 0.05) is 39.5 Å². The third-order valence-electron chi connectivity index (χ3n) is 5.29. The molecule has 1 aromatic carbocycles. The molecule has 0 saturated carbocycles. The fourth-order valence-electron chi connectivity index (χ4n) is 3.78. The highest BCUT2D eigenvalue weighted by atomic mass is 32.1. The van der Waals surface area contributed by atoms with E-state index >= 15 is 0 Å². The fraction of sp³-hybridized carbons (Fsp3) is 0.450. The molecule has 1 amide bonds. The number of carbonyl (C=O) groups excluding carboxylic acids is 1. The normalized spacial score (nSPS) is 16.6. The molecule has 1 saturated heterocycles. The molecule has 0 unspecified atom stereocenters. The summed E-state index contributed by atoms with van der Waals surface area (Å²) in [5.74, 6) is 1.00. The largest absolute Gasteiger partial charge is 0.492 e. The van der Waals surface area contributed by atoms with E-state index in [1.165, 1.54) is 16.9 Å². The highest BCUT2D eigenvalue weighted by molar-refractivity contribution is 7.17. The molecule has 1 aliphatic heterocycles. The van der Waals surface area contributed by atoms with Crippen LogP contribution in [0.15, 0.2) is 24.3 Å². The molecule has 4 rings (SSSR count). The van der Waals surface area contributed by atoms with Crippen LogP contribution in [0, 0.1) is 6.92 Å². The van der Waals surface area contributed by atoms with E-state index in [2.05, 4.69) is 40.1 Å². The van der Waals surface area contributed by atoms with E-state index in [1.54, 1.807) is 11.4 Å². The predicted molar refractivity (Wildman–Crippen MR) is 109 cm³/mol. The highest BCUT2D eigenvalue weighted by Gasteiger charge is 2.32. The lowest BCUT2D eigenvalue weighted by Crippen LogP contribution is -2.49. The van der Waals surface area contributed by atoms with Gasteiger partial charge in [0.25, 0.3) is 0 Å². The second-order valence-electron chi connectivity index (χ2n) is 7.22. The minimum Gasteiger partial charge on any atom is -0.492 e. The molecule has 0 aliphatic carbocycles. The number of aryl methyl sites for hydroxylation is 2. The van der Waals surface area contributed by atoms with E-state index in [4.69, 9.17) is 0 Å². The van der Waals surface area contributed by atoms with Crippen molar-refractivity contribution in [3.05, 3.63) is 46.1 Å². The zero-order valence-electron chi connectivity index (χ0n) is 16.4. The molecular formula is C20H25N5O2S. The molecule has 0 spiro atoms. The maximum atomic E-state index is 11.7. The van der Waals surface area contributed by atoms with Crippen LogP contribution >= 0.6 is 11.3 Å². The summed E-state index contributed by atoms with van der Waals surface area (Å²) in [6.45, 7) is 8.59. The Labute approximate surface area is 168 Å². The zero-order valence-corrected chi connectivity index (χ0v) is 17.2. The van der Waals surface area contributed by atoms with E-state index < -0.39 is 0 Å². The second-order valence-corrected chi connectivity index (χ2v) is 8.23. The van der Waals surface area contributed by atoms with Gasteiger partial charge in [-0.3, -0.25) is 9.69 Å². The standard InChI is InChI=1S/C20H25N5O2S/c1-4-16-21-20-25(22-16)19(27)18(28-20)17(15-7-5-6-13(2)12-15)24-10-8-23(9-11-24)14(3)26/h5-7,12,17,27H,4,8-11H2,1-3H3/t17-/m0/s1. The van der Waals surface area contributed by atoms with Crippen molar-refractivity contribution < 1.29 is 9.90 Å². The molecule has 1 N–H and O–H groups in total. The SMILES string of the molecule is CCc1nc2sc([C@H](c3cccc(C)c3)N3CCN(C(C)=O)CC3)c(O)n2n1. The summed E-state index contributed by atoms with van der Waals surface area (Å²) >= 11 is 1.49. The van der Waals surface area contributed by atoms with E-state index in [0.29, 0.717) is 18.1 Å². The number of amides is 1. The van der Waals surface area contributed by atoms with Crippen molar-refractivity contribution in [3.63, 3.8) is 0 Å². The fourth-order valence-corrected chi connectivity index (χ4v) is 4.92. The molecule has 0 bridgehead atoms. The van der Waals surface area contributed by atoms with Crippen LogP contribution in [-0.2, 0) is 11.2 Å². The Morgan fingerprint density at radius 2 is 2.04 bits per heavy atom. The van der Waals surface area contributed by atoms with Gasteiger partial charge in [-0.1, -0.05) is 48.1 Å². The number of carbonyl (C=O) groups is 1. The molecule has 3 heterocycles. The molecule has 1 aliphatic rings. The van der Waals surface area contributed by atoms with Crippen molar-refractivity contribution >= 4 is 22.2 Å². The number of piperazine rings is 1. The first-order valence-corrected chi connectivity index (χ1v) is 10.4. The van der Waals surface area contributed by atoms with Crippen molar-refractivity contribution in [1.82, 2.24) is 24.4 Å². The van der Waals surface area contributed by atoms with Gasteiger partial charge in [-0.25, -0.2) is 4.98 Å². The molecule has 0 radical (unpaired) electrons. The Hall–Kier alpha value is -2.45. The molecule has 1 atom stereocenters. The minimum atomic E-state index is -0.0902. The van der Waals surface area contributed by atoms with Gasteiger partial charge in [0.2, 0.25) is 16.7 Å². The molecule has 2 aromatic heterocycles. The lowest BCUT2D eigenvalue weighted by atomic mass is 10.0. The summed E-state index contributed by atoms with van der Waals surface area (Å²) in [4.78, 5) is 22.0. The zero-order chi connectivity index (χ0) is 19.8. The molecule has 8 heteroatoms. The topological polar surface area (TPSA) is 74.0 Å². The van der Waals surface area contributed by atoms with Crippen LogP contribution in [-0.4, -0.2) is 61.6 Å². The summed E-state index contributed by atoms with van der Waals surface area (Å²) in [6.07, 6.45) is 0.734. The van der Waals surface area contributed by atoms with Crippen LogP contribution in [0.2, 0.25) is 0 Å². The lowest BCUT2D eigenvalue weighted by Gasteiger charge is -2.38. The Kier molecular flexibility index (Phi) is 5.07. The number of benzene rings is 1. The van der Waals surface area contributed by atoms with Crippen LogP contribution in [0.4, 0.5) is 0 Å². The summed E-state index contributed by atoms with van der Waals surface area (Å²) < 4.78 is 1.55. The first-order chi connectivity index (χ1) is 13.5. The number of fused-ring (bicyclic) bond motifs is 1. The molecule has 28 heavy (non-hydrogen) atoms. The van der Waals surface area contributed by atoms with E-state index in [-0.39, 0.29) is 17.8 Å². The van der Waals surface area contributed by atoms with E-state index in [0.717, 1.165) is 35.8 Å². The van der Waals surface area contributed by atoms with E-state index in [9.17, 15) is 9.90 Å². The van der Waals surface area contributed by atoms with Crippen molar-refractivity contribution in [3.8, 4) is 5.88 Å². The van der Waals surface area contributed by atoms with E-state index in [1.807, 2.05) is 17.9 Å². The van der Waals surface area contributed by atoms with Gasteiger partial charge in [-0.2, -0.15) is 4.52 Å². The molecule has 1 fully saturated rings. The smallest absolute Gasteiger partial charge is 0.230 e. The lowest BCUT2D eigenvalue weighted by molar-refractivity contribution is -0.130. The average Bonchev–Trinajstić information content (AvgIpc) is 3.22. The maximum Gasteiger partial charge on any atom is 0.230 e. The Morgan fingerprint density at radius 3 is 2.64 bits per heavy atom. The maximum absolute atomic E-state index is 11.7. The van der Waals surface area contributed by atoms with Gasteiger partial charge < -0.3 is 10.0 Å². The van der Waals surface area contributed by atoms with Gasteiger partial charge in [0.05, 0.1) is 10.9 Å². The predicted octanol–water partition coefficient (Wildman–Crippen LogP) is 2.62. The van der Waals surface area contributed by atoms with Gasteiger partial charge in [0.15, 0.2) is 5.82 Å². The van der Waals surface area contributed by atoms with Gasteiger partial charge in [0.1, 0.15) is 0 Å². The first kappa shape index (κ1) is 18.9. The Morgan fingerprint density at radius 1 is 1.29 bits per heavy atom. The summed E-state index contributed by atoms with van der Waals surface area (Å²) in [5.41, 5.74) is 2.31. The molecule has 7 nitrogen and oxygen atoms in total. The van der Waals surface area contributed by atoms with Gasteiger partial charge >= 0.3 is 0 Å². The minimum absolute atomic E-state index is 0.0902. The average molecular weight is 400 g/mol. The quantitative estimate of drug-likeness (QED) is 0.730. The second kappa shape index (κ2) is 7.52. The van der Waals surface area contributed by atoms with Gasteiger partial charge in [-0.05, 0) is 12.5 Å². The van der Waals surface area contributed by atoms with Crippen LogP contribution in [0.1, 0.15) is 41.7 Å². The van der Waals surface area contributed by atoms with Crippen LogP contribution in [0.25, 0.3) is 4.96 Å². The van der Waals surface area contributed by atoms with Gasteiger partial charge in [-0.15, -0.1) is 5.10 Å². The highest BCUT2D eigenvalue weighted by Crippen LogP contribution is 2.40. The number of aromatic nitrogens is 3. The number of rotatable bonds is 4. The first-order valence-electron chi connectivity index (χ1n) is 9.61. The monoisotopic (exact) mass is 399 g/mol. The number of thiazole rings is 1. The van der Waals surface area contributed by atoms with Crippen molar-refractivity contribution in [2.24, 2.45) is 0 Å². The number of hydrogen-bond donors (Lipinski definition) is 1. The third kappa shape index (κ3) is 3.38. The third-order valence-corrected chi connectivity index (χ3v) is 6.36. The number of hydrogen-bond acceptors (Lipinski definition) is 6. The number of nitrogens with zero attached hydrogens (tertiary/aromatic N) is 5. The number of aromatic hydroxyl groups is 1. The summed E-state index contributed by atoms with van der Waals surface area (Å²) in [6, 6.07) is 8.29.